The molecule has 1 atom stereocenters. The normalized spacial score (nSPS) is 17.4. The summed E-state index contributed by atoms with van der Waals surface area (Å²) in [7, 11) is 3.37. The summed E-state index contributed by atoms with van der Waals surface area (Å²) in [4.78, 5) is 29.3. The molecule has 1 fully saturated rings. The standard InChI is InChI=1S/C20H26N4O2/c1-16-7-6-10-23(13-16)19(11-20(26)22(2)3)24(15-25)14-18-9-5-4-8-17(18)12-21/h4-5,8-9,11,15-16H,6-7,10,13-14H2,1-3H3/b19-11-. The highest BCUT2D eigenvalue weighted by Crippen LogP contribution is 2.23. The first kappa shape index (κ1) is 19.5. The van der Waals surface area contributed by atoms with Crippen molar-refractivity contribution in [2.75, 3.05) is 27.2 Å². The van der Waals surface area contributed by atoms with Crippen LogP contribution in [0.1, 0.15) is 30.9 Å². The molecular formula is C20H26N4O2. The molecule has 1 saturated heterocycles. The fourth-order valence-electron chi connectivity index (χ4n) is 3.12. The van der Waals surface area contributed by atoms with Crippen molar-refractivity contribution in [1.82, 2.24) is 14.7 Å². The van der Waals surface area contributed by atoms with Gasteiger partial charge in [-0.1, -0.05) is 25.1 Å². The van der Waals surface area contributed by atoms with Crippen LogP contribution in [-0.2, 0) is 16.1 Å². The third-order valence-corrected chi connectivity index (χ3v) is 4.57. The van der Waals surface area contributed by atoms with Gasteiger partial charge in [0.1, 0.15) is 5.82 Å². The number of amides is 2. The van der Waals surface area contributed by atoms with E-state index in [1.165, 1.54) is 15.9 Å². The molecule has 0 bridgehead atoms. The zero-order valence-corrected chi connectivity index (χ0v) is 15.7. The summed E-state index contributed by atoms with van der Waals surface area (Å²) in [5.41, 5.74) is 1.29. The molecule has 1 aromatic rings. The molecule has 6 nitrogen and oxygen atoms in total. The summed E-state index contributed by atoms with van der Waals surface area (Å²) < 4.78 is 0. The van der Waals surface area contributed by atoms with Gasteiger partial charge >= 0.3 is 0 Å². The Balaban J connectivity index is 2.36. The third-order valence-electron chi connectivity index (χ3n) is 4.57. The van der Waals surface area contributed by atoms with E-state index in [-0.39, 0.29) is 12.5 Å². The highest BCUT2D eigenvalue weighted by atomic mass is 16.2. The van der Waals surface area contributed by atoms with Crippen LogP contribution in [0.5, 0.6) is 0 Å². The number of nitrogens with zero attached hydrogens (tertiary/aromatic N) is 4. The van der Waals surface area contributed by atoms with E-state index >= 15 is 0 Å². The maximum atomic E-state index is 12.3. The second-order valence-corrected chi connectivity index (χ2v) is 6.93. The Morgan fingerprint density at radius 1 is 1.38 bits per heavy atom. The first-order valence-corrected chi connectivity index (χ1v) is 8.84. The number of likely N-dealkylation sites (tertiary alicyclic amines) is 1. The molecule has 0 saturated carbocycles. The predicted molar refractivity (Wildman–Crippen MR) is 99.5 cm³/mol. The zero-order valence-electron chi connectivity index (χ0n) is 15.7. The Kier molecular flexibility index (Phi) is 6.79. The largest absolute Gasteiger partial charge is 0.358 e. The van der Waals surface area contributed by atoms with E-state index in [0.29, 0.717) is 17.3 Å². The summed E-state index contributed by atoms with van der Waals surface area (Å²) in [5, 5.41) is 9.30. The fraction of sp³-hybridized carbons (Fsp3) is 0.450. The van der Waals surface area contributed by atoms with Crippen molar-refractivity contribution in [3.63, 3.8) is 0 Å². The number of piperidine rings is 1. The topological polar surface area (TPSA) is 67.7 Å². The van der Waals surface area contributed by atoms with Crippen molar-refractivity contribution in [1.29, 1.82) is 5.26 Å². The van der Waals surface area contributed by atoms with Crippen molar-refractivity contribution < 1.29 is 9.59 Å². The summed E-state index contributed by atoms with van der Waals surface area (Å²) >= 11 is 0. The third kappa shape index (κ3) is 4.85. The number of nitriles is 1. The van der Waals surface area contributed by atoms with Crippen molar-refractivity contribution in [2.45, 2.75) is 26.3 Å². The van der Waals surface area contributed by atoms with Crippen LogP contribution in [0.2, 0.25) is 0 Å². The van der Waals surface area contributed by atoms with E-state index < -0.39 is 0 Å². The predicted octanol–water partition coefficient (Wildman–Crippen LogP) is 2.18. The molecule has 0 aliphatic carbocycles. The summed E-state index contributed by atoms with van der Waals surface area (Å²) in [6.07, 6.45) is 4.42. The average molecular weight is 354 g/mol. The highest BCUT2D eigenvalue weighted by Gasteiger charge is 2.24. The molecule has 0 aromatic heterocycles. The zero-order chi connectivity index (χ0) is 19.1. The minimum absolute atomic E-state index is 0.168. The van der Waals surface area contributed by atoms with E-state index in [4.69, 9.17) is 0 Å². The lowest BCUT2D eigenvalue weighted by atomic mass is 10.0. The smallest absolute Gasteiger partial charge is 0.249 e. The van der Waals surface area contributed by atoms with Gasteiger partial charge in [-0.25, -0.2) is 0 Å². The van der Waals surface area contributed by atoms with E-state index in [1.54, 1.807) is 26.2 Å². The second kappa shape index (κ2) is 9.04. The van der Waals surface area contributed by atoms with Gasteiger partial charge in [0.15, 0.2) is 0 Å². The molecular weight excluding hydrogens is 328 g/mol. The van der Waals surface area contributed by atoms with E-state index in [2.05, 4.69) is 17.9 Å². The Bertz CT molecular complexity index is 721. The van der Waals surface area contributed by atoms with Gasteiger partial charge in [-0.2, -0.15) is 5.26 Å². The van der Waals surface area contributed by atoms with Crippen LogP contribution in [0.3, 0.4) is 0 Å². The van der Waals surface area contributed by atoms with Crippen molar-refractivity contribution in [3.05, 3.63) is 47.3 Å². The quantitative estimate of drug-likeness (QED) is 0.580. The molecule has 1 aliphatic heterocycles. The lowest BCUT2D eigenvalue weighted by Crippen LogP contribution is -2.41. The lowest BCUT2D eigenvalue weighted by molar-refractivity contribution is -0.124. The Morgan fingerprint density at radius 3 is 2.73 bits per heavy atom. The van der Waals surface area contributed by atoms with Crippen LogP contribution in [0.25, 0.3) is 0 Å². The molecule has 0 radical (unpaired) electrons. The van der Waals surface area contributed by atoms with Crippen molar-refractivity contribution in [2.24, 2.45) is 5.92 Å². The van der Waals surface area contributed by atoms with Gasteiger partial charge in [-0.3, -0.25) is 14.5 Å². The van der Waals surface area contributed by atoms with Gasteiger partial charge in [0.2, 0.25) is 12.3 Å². The first-order chi connectivity index (χ1) is 12.5. The van der Waals surface area contributed by atoms with Crippen LogP contribution in [0.4, 0.5) is 0 Å². The van der Waals surface area contributed by atoms with Crippen LogP contribution in [0, 0.1) is 17.2 Å². The molecule has 1 unspecified atom stereocenters. The molecule has 0 spiro atoms. The molecule has 138 valence electrons. The highest BCUT2D eigenvalue weighted by molar-refractivity contribution is 5.88. The Hall–Kier alpha value is -2.81. The van der Waals surface area contributed by atoms with Gasteiger partial charge in [0.05, 0.1) is 18.2 Å². The Morgan fingerprint density at radius 2 is 2.12 bits per heavy atom. The van der Waals surface area contributed by atoms with Gasteiger partial charge in [0.25, 0.3) is 0 Å². The van der Waals surface area contributed by atoms with Crippen LogP contribution in [-0.4, -0.2) is 54.2 Å². The monoisotopic (exact) mass is 354 g/mol. The molecule has 2 amide bonds. The minimum Gasteiger partial charge on any atom is -0.358 e. The average Bonchev–Trinajstić information content (AvgIpc) is 2.64. The fourth-order valence-corrected chi connectivity index (χ4v) is 3.12. The number of hydrogen-bond donors (Lipinski definition) is 0. The molecule has 26 heavy (non-hydrogen) atoms. The van der Waals surface area contributed by atoms with Crippen LogP contribution >= 0.6 is 0 Å². The van der Waals surface area contributed by atoms with Crippen LogP contribution < -0.4 is 0 Å². The molecule has 1 aromatic carbocycles. The summed E-state index contributed by atoms with van der Waals surface area (Å²) in [6, 6.07) is 9.36. The maximum Gasteiger partial charge on any atom is 0.249 e. The summed E-state index contributed by atoms with van der Waals surface area (Å²) in [5.74, 6) is 0.929. The second-order valence-electron chi connectivity index (χ2n) is 6.93. The van der Waals surface area contributed by atoms with Gasteiger partial charge in [-0.05, 0) is 30.4 Å². The maximum absolute atomic E-state index is 12.3. The van der Waals surface area contributed by atoms with Gasteiger partial charge < -0.3 is 9.80 Å². The first-order valence-electron chi connectivity index (χ1n) is 8.84. The number of rotatable bonds is 6. The minimum atomic E-state index is -0.168. The van der Waals surface area contributed by atoms with Crippen LogP contribution in [0.15, 0.2) is 36.2 Å². The van der Waals surface area contributed by atoms with Crippen molar-refractivity contribution >= 4 is 12.3 Å². The number of benzene rings is 1. The number of carbonyl (C=O) groups excluding carboxylic acids is 2. The number of likely N-dealkylation sites (N-methyl/N-ethyl adjacent to an activating group) is 1. The Labute approximate surface area is 155 Å². The van der Waals surface area contributed by atoms with Gasteiger partial charge in [0, 0.05) is 33.3 Å². The molecule has 0 N–H and O–H groups in total. The number of hydrogen-bond acceptors (Lipinski definition) is 4. The van der Waals surface area contributed by atoms with E-state index in [1.807, 2.05) is 12.1 Å². The molecule has 6 heteroatoms. The molecule has 1 heterocycles. The van der Waals surface area contributed by atoms with Gasteiger partial charge in [-0.15, -0.1) is 0 Å². The lowest BCUT2D eigenvalue weighted by Gasteiger charge is -2.38. The SMILES string of the molecule is CC1CCCN(/C(=C/C(=O)N(C)C)N(C=O)Cc2ccccc2C#N)C1. The summed E-state index contributed by atoms with van der Waals surface area (Å²) in [6.45, 7) is 4.04. The van der Waals surface area contributed by atoms with E-state index in [0.717, 1.165) is 37.9 Å². The molecule has 1 aliphatic rings. The number of carbonyl (C=O) groups is 2. The van der Waals surface area contributed by atoms with Crippen molar-refractivity contribution in [3.8, 4) is 6.07 Å². The molecule has 2 rings (SSSR count). The van der Waals surface area contributed by atoms with E-state index in [9.17, 15) is 14.9 Å².